The van der Waals surface area contributed by atoms with Crippen molar-refractivity contribution >= 4 is 21.8 Å². The number of hydrogen-bond donors (Lipinski definition) is 0. The fourth-order valence-electron chi connectivity index (χ4n) is 4.26. The molecular formula is C29H30N4O2. The summed E-state index contributed by atoms with van der Waals surface area (Å²) in [4.78, 5) is 6.82. The summed E-state index contributed by atoms with van der Waals surface area (Å²) in [6.45, 7) is 5.67. The van der Waals surface area contributed by atoms with Crippen molar-refractivity contribution in [3.05, 3.63) is 78.0 Å². The zero-order valence-corrected chi connectivity index (χ0v) is 20.9. The number of methoxy groups -OCH3 is 1. The zero-order valence-electron chi connectivity index (χ0n) is 20.9. The molecule has 178 valence electrons. The molecule has 2 aromatic heterocycles. The third-order valence-electron chi connectivity index (χ3n) is 6.38. The predicted octanol–water partition coefficient (Wildman–Crippen LogP) is 5.81. The SMILES string of the molecule is COc1cc(-c2nn(-c3ccc(C)c(C)c3)c3c2cnc2ccccc23)ccc1OCCN(C)C. The molecule has 0 aliphatic rings. The summed E-state index contributed by atoms with van der Waals surface area (Å²) in [5, 5.41) is 7.17. The molecule has 0 saturated carbocycles. The molecule has 0 atom stereocenters. The maximum Gasteiger partial charge on any atom is 0.161 e. The first kappa shape index (κ1) is 22.9. The zero-order chi connectivity index (χ0) is 24.5. The quantitative estimate of drug-likeness (QED) is 0.303. The Balaban J connectivity index is 1.69. The van der Waals surface area contributed by atoms with Gasteiger partial charge in [0.1, 0.15) is 12.3 Å². The molecule has 3 aromatic carbocycles. The number of benzene rings is 3. The van der Waals surface area contributed by atoms with Gasteiger partial charge in [0, 0.05) is 29.1 Å². The summed E-state index contributed by atoms with van der Waals surface area (Å²) >= 11 is 0. The van der Waals surface area contributed by atoms with Gasteiger partial charge in [0.25, 0.3) is 0 Å². The predicted molar refractivity (Wildman–Crippen MR) is 142 cm³/mol. The molecule has 2 heterocycles. The van der Waals surface area contributed by atoms with E-state index in [-0.39, 0.29) is 0 Å². The standard InChI is InChI=1S/C29H30N4O2/c1-19-10-12-22(16-20(19)2)33-29-23-8-6-7-9-25(23)30-18-24(29)28(31-33)21-11-13-26(27(17-21)34-5)35-15-14-32(3)4/h6-13,16-18H,14-15H2,1-5H3. The number of para-hydroxylation sites is 1. The third kappa shape index (κ3) is 4.33. The van der Waals surface area contributed by atoms with Gasteiger partial charge in [-0.1, -0.05) is 24.3 Å². The fraction of sp³-hybridized carbons (Fsp3) is 0.241. The first-order valence-corrected chi connectivity index (χ1v) is 11.8. The highest BCUT2D eigenvalue weighted by molar-refractivity contribution is 6.08. The monoisotopic (exact) mass is 466 g/mol. The second-order valence-corrected chi connectivity index (χ2v) is 9.08. The van der Waals surface area contributed by atoms with E-state index in [2.05, 4.69) is 43.0 Å². The largest absolute Gasteiger partial charge is 0.493 e. The number of hydrogen-bond acceptors (Lipinski definition) is 5. The van der Waals surface area contributed by atoms with Gasteiger partial charge in [-0.2, -0.15) is 5.10 Å². The summed E-state index contributed by atoms with van der Waals surface area (Å²) in [7, 11) is 5.72. The Hall–Kier alpha value is -3.90. The van der Waals surface area contributed by atoms with Crippen LogP contribution in [0, 0.1) is 13.8 Å². The van der Waals surface area contributed by atoms with Crippen LogP contribution in [0.1, 0.15) is 11.1 Å². The Bertz CT molecular complexity index is 1520. The van der Waals surface area contributed by atoms with Gasteiger partial charge in [0.2, 0.25) is 0 Å². The second kappa shape index (κ2) is 9.39. The number of likely N-dealkylation sites (N-methyl/N-ethyl adjacent to an activating group) is 1. The molecule has 0 radical (unpaired) electrons. The molecule has 5 rings (SSSR count). The van der Waals surface area contributed by atoms with Crippen LogP contribution in [0.25, 0.3) is 38.8 Å². The van der Waals surface area contributed by atoms with Gasteiger partial charge in [-0.3, -0.25) is 4.98 Å². The Kier molecular flexibility index (Phi) is 6.14. The molecule has 6 heteroatoms. The summed E-state index contributed by atoms with van der Waals surface area (Å²) in [6.07, 6.45) is 1.92. The van der Waals surface area contributed by atoms with E-state index in [1.54, 1.807) is 7.11 Å². The maximum atomic E-state index is 5.97. The Morgan fingerprint density at radius 2 is 1.71 bits per heavy atom. The lowest BCUT2D eigenvalue weighted by molar-refractivity contribution is 0.251. The number of nitrogens with zero attached hydrogens (tertiary/aromatic N) is 4. The van der Waals surface area contributed by atoms with Crippen molar-refractivity contribution in [2.24, 2.45) is 0 Å². The van der Waals surface area contributed by atoms with E-state index in [9.17, 15) is 0 Å². The minimum atomic E-state index is 0.586. The van der Waals surface area contributed by atoms with E-state index in [1.807, 2.05) is 61.4 Å². The number of aromatic nitrogens is 3. The van der Waals surface area contributed by atoms with E-state index in [0.29, 0.717) is 12.4 Å². The van der Waals surface area contributed by atoms with Gasteiger partial charge < -0.3 is 14.4 Å². The summed E-state index contributed by atoms with van der Waals surface area (Å²) in [5.41, 5.74) is 7.30. The maximum absolute atomic E-state index is 5.97. The highest BCUT2D eigenvalue weighted by atomic mass is 16.5. The lowest BCUT2D eigenvalue weighted by atomic mass is 10.1. The van der Waals surface area contributed by atoms with E-state index < -0.39 is 0 Å². The average molecular weight is 467 g/mol. The molecule has 6 nitrogen and oxygen atoms in total. The van der Waals surface area contributed by atoms with Gasteiger partial charge >= 0.3 is 0 Å². The molecule has 0 N–H and O–H groups in total. The topological polar surface area (TPSA) is 52.4 Å². The Morgan fingerprint density at radius 3 is 2.49 bits per heavy atom. The van der Waals surface area contributed by atoms with Gasteiger partial charge in [-0.05, 0) is 75.5 Å². The van der Waals surface area contributed by atoms with E-state index in [0.717, 1.165) is 51.0 Å². The van der Waals surface area contributed by atoms with Crippen molar-refractivity contribution in [2.45, 2.75) is 13.8 Å². The van der Waals surface area contributed by atoms with Crippen LogP contribution in [0.5, 0.6) is 11.5 Å². The van der Waals surface area contributed by atoms with Crippen LogP contribution in [0.3, 0.4) is 0 Å². The van der Waals surface area contributed by atoms with Gasteiger partial charge in [-0.15, -0.1) is 0 Å². The van der Waals surface area contributed by atoms with Crippen molar-refractivity contribution in [1.82, 2.24) is 19.7 Å². The van der Waals surface area contributed by atoms with Crippen LogP contribution in [0.15, 0.2) is 66.9 Å². The fourth-order valence-corrected chi connectivity index (χ4v) is 4.26. The average Bonchev–Trinajstić information content (AvgIpc) is 3.26. The van der Waals surface area contributed by atoms with Crippen LogP contribution in [0.4, 0.5) is 0 Å². The normalized spacial score (nSPS) is 11.5. The number of ether oxygens (including phenoxy) is 2. The molecule has 0 aliphatic carbocycles. The van der Waals surface area contributed by atoms with Gasteiger partial charge in [0.15, 0.2) is 11.5 Å². The van der Waals surface area contributed by atoms with Crippen molar-refractivity contribution in [2.75, 3.05) is 34.4 Å². The van der Waals surface area contributed by atoms with Crippen molar-refractivity contribution in [1.29, 1.82) is 0 Å². The minimum absolute atomic E-state index is 0.586. The third-order valence-corrected chi connectivity index (χ3v) is 6.38. The Morgan fingerprint density at radius 1 is 0.886 bits per heavy atom. The lowest BCUT2D eigenvalue weighted by Crippen LogP contribution is -2.19. The molecule has 5 aromatic rings. The van der Waals surface area contributed by atoms with Crippen LogP contribution >= 0.6 is 0 Å². The van der Waals surface area contributed by atoms with Crippen molar-refractivity contribution in [3.8, 4) is 28.4 Å². The molecule has 0 unspecified atom stereocenters. The molecule has 0 fully saturated rings. The summed E-state index contributed by atoms with van der Waals surface area (Å²) < 4.78 is 13.7. The van der Waals surface area contributed by atoms with Crippen LogP contribution in [0.2, 0.25) is 0 Å². The number of aryl methyl sites for hydroxylation is 2. The smallest absolute Gasteiger partial charge is 0.161 e. The number of pyridine rings is 1. The minimum Gasteiger partial charge on any atom is -0.493 e. The van der Waals surface area contributed by atoms with Crippen LogP contribution in [-0.2, 0) is 0 Å². The highest BCUT2D eigenvalue weighted by Gasteiger charge is 2.19. The molecule has 0 bridgehead atoms. The van der Waals surface area contributed by atoms with Gasteiger partial charge in [0.05, 0.1) is 23.8 Å². The van der Waals surface area contributed by atoms with E-state index in [1.165, 1.54) is 11.1 Å². The summed E-state index contributed by atoms with van der Waals surface area (Å²) in [5.74, 6) is 1.41. The number of fused-ring (bicyclic) bond motifs is 3. The molecule has 0 spiro atoms. The number of rotatable bonds is 7. The molecule has 0 aliphatic heterocycles. The highest BCUT2D eigenvalue weighted by Crippen LogP contribution is 2.37. The molecule has 0 saturated heterocycles. The van der Waals surface area contributed by atoms with Crippen LogP contribution in [-0.4, -0.2) is 54.0 Å². The van der Waals surface area contributed by atoms with Gasteiger partial charge in [-0.25, -0.2) is 4.68 Å². The lowest BCUT2D eigenvalue weighted by Gasteiger charge is -2.14. The molecular weight excluding hydrogens is 436 g/mol. The van der Waals surface area contributed by atoms with Crippen LogP contribution < -0.4 is 9.47 Å². The van der Waals surface area contributed by atoms with Crippen molar-refractivity contribution < 1.29 is 9.47 Å². The summed E-state index contributed by atoms with van der Waals surface area (Å²) in [6, 6.07) is 20.6. The van der Waals surface area contributed by atoms with E-state index >= 15 is 0 Å². The Labute approximate surface area is 205 Å². The van der Waals surface area contributed by atoms with Crippen molar-refractivity contribution in [3.63, 3.8) is 0 Å². The molecule has 35 heavy (non-hydrogen) atoms. The second-order valence-electron chi connectivity index (χ2n) is 9.08. The molecule has 0 amide bonds. The first-order chi connectivity index (χ1) is 17.0. The van der Waals surface area contributed by atoms with E-state index in [4.69, 9.17) is 19.6 Å². The first-order valence-electron chi connectivity index (χ1n) is 11.8.